The number of carbonyl (C=O) groups excluding carboxylic acids is 1. The van der Waals surface area contributed by atoms with Crippen LogP contribution in [-0.2, 0) is 9.22 Å². The number of amides is 1. The summed E-state index contributed by atoms with van der Waals surface area (Å²) in [6.45, 7) is 20.1. The van der Waals surface area contributed by atoms with Gasteiger partial charge in [0.25, 0.3) is 0 Å². The van der Waals surface area contributed by atoms with Crippen molar-refractivity contribution in [1.29, 1.82) is 0 Å². The van der Waals surface area contributed by atoms with Gasteiger partial charge in [-0.1, -0.05) is 0 Å². The van der Waals surface area contributed by atoms with Crippen molar-refractivity contribution in [3.63, 3.8) is 0 Å². The van der Waals surface area contributed by atoms with Gasteiger partial charge in [-0.25, -0.2) is 0 Å². The summed E-state index contributed by atoms with van der Waals surface area (Å²) in [7, 11) is -2.01. The summed E-state index contributed by atoms with van der Waals surface area (Å²) < 4.78 is 8.71. The van der Waals surface area contributed by atoms with Gasteiger partial charge in [-0.05, 0) is 0 Å². The predicted octanol–water partition coefficient (Wildman–Crippen LogP) is 7.97. The van der Waals surface area contributed by atoms with E-state index in [1.165, 1.54) is 12.8 Å². The molecule has 1 unspecified atom stereocenters. The average Bonchev–Trinajstić information content (AvgIpc) is 2.99. The summed E-state index contributed by atoms with van der Waals surface area (Å²) in [6.07, 6.45) is 4.41. The third-order valence-corrected chi connectivity index (χ3v) is 17.4. The molecule has 8 heteroatoms. The third kappa shape index (κ3) is 5.40. The number of rotatable bonds is 9. The number of nitrogens with zero attached hydrogens (tertiary/aromatic N) is 2. The Bertz CT molecular complexity index is 963. The summed E-state index contributed by atoms with van der Waals surface area (Å²) in [6, 6.07) is 7.61. The molecule has 1 amide bonds. The number of benzene rings is 1. The fraction of sp³-hybridized carbons (Fsp3) is 0.615. The van der Waals surface area contributed by atoms with Gasteiger partial charge in [-0.3, -0.25) is 0 Å². The second kappa shape index (κ2) is 10.7. The quantitative estimate of drug-likeness (QED) is 0.115. The van der Waals surface area contributed by atoms with E-state index in [1.807, 2.05) is 29.2 Å². The Balaban J connectivity index is 1.99. The molecule has 0 spiro atoms. The zero-order valence-corrected chi connectivity index (χ0v) is 27.1. The molecule has 2 aliphatic rings. The van der Waals surface area contributed by atoms with Crippen molar-refractivity contribution >= 4 is 73.8 Å². The molecule has 3 rings (SSSR count). The van der Waals surface area contributed by atoms with Crippen LogP contribution in [0, 0.1) is 5.92 Å². The molecule has 4 atom stereocenters. The van der Waals surface area contributed by atoms with E-state index in [0.717, 1.165) is 26.8 Å². The maximum atomic E-state index is 13.7. The van der Waals surface area contributed by atoms with Crippen LogP contribution in [0.4, 0.5) is 5.69 Å². The molecular weight excluding hydrogens is 642 g/mol. The van der Waals surface area contributed by atoms with E-state index in [-0.39, 0.29) is 48.3 Å². The summed E-state index contributed by atoms with van der Waals surface area (Å²) in [5.41, 5.74) is 0.838. The van der Waals surface area contributed by atoms with Crippen molar-refractivity contribution in [2.75, 3.05) is 0 Å². The molecule has 0 radical (unpaired) electrons. The van der Waals surface area contributed by atoms with Crippen LogP contribution >= 0.6 is 34.2 Å². The Labute approximate surface area is 231 Å². The summed E-state index contributed by atoms with van der Waals surface area (Å²) in [5, 5.41) is 0.782. The third-order valence-electron chi connectivity index (χ3n) is 7.55. The minimum atomic E-state index is -2.01. The van der Waals surface area contributed by atoms with E-state index >= 15 is 0 Å². The molecule has 0 saturated carbocycles. The van der Waals surface area contributed by atoms with Crippen LogP contribution in [0.25, 0.3) is 0 Å². The Morgan fingerprint density at radius 1 is 1.32 bits per heavy atom. The van der Waals surface area contributed by atoms with Crippen molar-refractivity contribution < 1.29 is 9.22 Å². The molecule has 1 aromatic carbocycles. The molecule has 0 aromatic heterocycles. The molecule has 2 heterocycles. The summed E-state index contributed by atoms with van der Waals surface area (Å²) >= 11 is 8.50. The van der Waals surface area contributed by atoms with E-state index < -0.39 is 8.32 Å². The molecule has 34 heavy (non-hydrogen) atoms. The van der Waals surface area contributed by atoms with Crippen molar-refractivity contribution in [3.8, 4) is 0 Å². The number of unbranched alkanes of at least 4 members (excludes halogenated alkanes) is 2. The molecule has 0 aliphatic carbocycles. The number of carbonyl (C=O) groups is 1. The molecule has 2 fully saturated rings. The van der Waals surface area contributed by atoms with E-state index in [4.69, 9.17) is 21.0 Å². The van der Waals surface area contributed by atoms with Gasteiger partial charge in [0.1, 0.15) is 0 Å². The average molecular weight is 680 g/mol. The Morgan fingerprint density at radius 3 is 2.47 bits per heavy atom. The van der Waals surface area contributed by atoms with Gasteiger partial charge in [0.2, 0.25) is 0 Å². The molecule has 2 aliphatic heterocycles. The first-order valence-electron chi connectivity index (χ1n) is 12.1. The van der Waals surface area contributed by atoms with E-state index in [0.29, 0.717) is 5.02 Å². The second-order valence-electron chi connectivity index (χ2n) is 11.0. The van der Waals surface area contributed by atoms with Crippen molar-refractivity contribution in [1.82, 2.24) is 4.90 Å². The van der Waals surface area contributed by atoms with Crippen molar-refractivity contribution in [2.45, 2.75) is 94.9 Å². The SMILES string of the molecule is C=C(I)C1(CCCCC)[Se]C(=Nc2ccc(Cl)cc2)N2C(=O)[C@H]([C@@H](C)O[Si](C)(C)C(C)(C)C)[C@H]21. The molecule has 4 nitrogen and oxygen atoms in total. The minimum absolute atomic E-state index is 0.00439. The molecule has 0 bridgehead atoms. The fourth-order valence-electron chi connectivity index (χ4n) is 4.56. The molecule has 0 N–H and O–H groups in total. The number of fused-ring (bicyclic) bond motifs is 1. The van der Waals surface area contributed by atoms with Crippen LogP contribution in [0.2, 0.25) is 27.5 Å². The number of hydrogen-bond acceptors (Lipinski definition) is 3. The topological polar surface area (TPSA) is 41.9 Å². The number of hydrogen-bond donors (Lipinski definition) is 0. The monoisotopic (exact) mass is 680 g/mol. The van der Waals surface area contributed by atoms with Crippen LogP contribution in [0.15, 0.2) is 39.4 Å². The van der Waals surface area contributed by atoms with Gasteiger partial charge in [0.05, 0.1) is 0 Å². The van der Waals surface area contributed by atoms with Crippen molar-refractivity contribution in [2.24, 2.45) is 10.9 Å². The van der Waals surface area contributed by atoms with Crippen molar-refractivity contribution in [3.05, 3.63) is 39.4 Å². The number of β-lactam (4-membered cyclic amide) rings is 1. The van der Waals surface area contributed by atoms with Crippen LogP contribution in [0.5, 0.6) is 0 Å². The predicted molar refractivity (Wildman–Crippen MR) is 156 cm³/mol. The van der Waals surface area contributed by atoms with Gasteiger partial charge >= 0.3 is 233 Å². The number of aliphatic imine (C=N–C) groups is 1. The van der Waals surface area contributed by atoms with Gasteiger partial charge in [0, 0.05) is 0 Å². The van der Waals surface area contributed by atoms with Crippen LogP contribution < -0.4 is 0 Å². The van der Waals surface area contributed by atoms with E-state index in [1.54, 1.807) is 0 Å². The van der Waals surface area contributed by atoms with E-state index in [9.17, 15) is 4.79 Å². The molecule has 188 valence electrons. The Kier molecular flexibility index (Phi) is 8.90. The first kappa shape index (κ1) is 28.4. The van der Waals surface area contributed by atoms with E-state index in [2.05, 4.69) is 76.9 Å². The van der Waals surface area contributed by atoms with Crippen LogP contribution in [0.1, 0.15) is 60.3 Å². The zero-order chi connectivity index (χ0) is 25.5. The molecule has 1 aromatic rings. The van der Waals surface area contributed by atoms with Gasteiger partial charge in [-0.2, -0.15) is 0 Å². The standard InChI is InChI=1S/C26H38ClIN2O2SeSi/c1-9-10-11-16-26(18(3)28)22-21(17(2)32-34(7,8)25(4,5)6)23(31)30(22)24(33-26)29-20-14-12-19(27)13-15-20/h12-15,17,21-22H,3,9-11,16H2,1-2,4-8H3/t17-,21-,22+,26?/m1/s1. The normalized spacial score (nSPS) is 27.0. The molecular formula is C26H38ClIN2O2SeSi. The summed E-state index contributed by atoms with van der Waals surface area (Å²) in [4.78, 5) is 20.6. The fourth-order valence-corrected chi connectivity index (χ4v) is 10.4. The Morgan fingerprint density at radius 2 is 1.94 bits per heavy atom. The zero-order valence-electron chi connectivity index (χ0n) is 21.5. The summed E-state index contributed by atoms with van der Waals surface area (Å²) in [5.74, 6) is 0.00266. The van der Waals surface area contributed by atoms with Gasteiger partial charge in [0.15, 0.2) is 0 Å². The number of halogens is 2. The molecule has 2 saturated heterocycles. The Hall–Kier alpha value is -0.184. The number of amidine groups is 1. The van der Waals surface area contributed by atoms with Crippen LogP contribution in [0.3, 0.4) is 0 Å². The second-order valence-corrected chi connectivity index (χ2v) is 20.2. The van der Waals surface area contributed by atoms with Gasteiger partial charge in [-0.15, -0.1) is 0 Å². The maximum absolute atomic E-state index is 13.7. The first-order valence-corrected chi connectivity index (χ1v) is 18.2. The van der Waals surface area contributed by atoms with Crippen LogP contribution in [-0.4, -0.2) is 51.0 Å². The van der Waals surface area contributed by atoms with Gasteiger partial charge < -0.3 is 0 Å². The first-order chi connectivity index (χ1) is 15.7.